The van der Waals surface area contributed by atoms with E-state index in [1.807, 2.05) is 24.3 Å². The Morgan fingerprint density at radius 2 is 1.25 bits per heavy atom. The lowest BCUT2D eigenvalue weighted by atomic mass is 9.81. The zero-order valence-corrected chi connectivity index (χ0v) is 22.5. The molecule has 0 N–H and O–H groups in total. The van der Waals surface area contributed by atoms with Crippen molar-refractivity contribution in [3.8, 4) is 0 Å². The molecule has 2 fully saturated rings. The molecule has 0 aromatic heterocycles. The number of nitrogens with zero attached hydrogens (tertiary/aromatic N) is 1. The van der Waals surface area contributed by atoms with Gasteiger partial charge in [0.1, 0.15) is 19.8 Å². The monoisotopic (exact) mass is 549 g/mol. The van der Waals surface area contributed by atoms with Crippen molar-refractivity contribution >= 4 is 29.7 Å². The first-order valence-corrected chi connectivity index (χ1v) is 13.9. The molecule has 9 heteroatoms. The summed E-state index contributed by atoms with van der Waals surface area (Å²) in [5, 5.41) is 0. The molecule has 1 aliphatic heterocycles. The first kappa shape index (κ1) is 29.0. The van der Waals surface area contributed by atoms with Crippen molar-refractivity contribution in [3.05, 3.63) is 71.3 Å². The SMILES string of the molecule is O=C(CCc1cccc(CCC(=O)OCCN2C(=O)C3CCCCC3C2=O)c1)OCCOC(=O)c1ccccc1. The number of likely N-dealkylation sites (tertiary alicyclic amines) is 1. The predicted octanol–water partition coefficient (Wildman–Crippen LogP) is 3.67. The summed E-state index contributed by atoms with van der Waals surface area (Å²) in [6, 6.07) is 16.2. The average molecular weight is 550 g/mol. The maximum Gasteiger partial charge on any atom is 0.338 e. The summed E-state index contributed by atoms with van der Waals surface area (Å²) in [7, 11) is 0. The molecule has 1 saturated carbocycles. The van der Waals surface area contributed by atoms with Gasteiger partial charge in [0, 0.05) is 12.8 Å². The van der Waals surface area contributed by atoms with Crippen molar-refractivity contribution < 1.29 is 38.2 Å². The van der Waals surface area contributed by atoms with Crippen LogP contribution in [0.1, 0.15) is 60.0 Å². The van der Waals surface area contributed by atoms with Crippen molar-refractivity contribution in [1.82, 2.24) is 4.90 Å². The summed E-state index contributed by atoms with van der Waals surface area (Å²) in [4.78, 5) is 62.5. The van der Waals surface area contributed by atoms with Crippen LogP contribution in [0.4, 0.5) is 0 Å². The fourth-order valence-electron chi connectivity index (χ4n) is 5.23. The number of rotatable bonds is 13. The molecule has 1 heterocycles. The van der Waals surface area contributed by atoms with Gasteiger partial charge in [0.15, 0.2) is 0 Å². The zero-order valence-electron chi connectivity index (χ0n) is 22.5. The fraction of sp³-hybridized carbons (Fsp3) is 0.452. The molecule has 212 valence electrons. The zero-order chi connectivity index (χ0) is 28.3. The number of hydrogen-bond acceptors (Lipinski definition) is 8. The second-order valence-corrected chi connectivity index (χ2v) is 10.1. The van der Waals surface area contributed by atoms with Crippen molar-refractivity contribution in [3.63, 3.8) is 0 Å². The van der Waals surface area contributed by atoms with Gasteiger partial charge in [-0.2, -0.15) is 0 Å². The summed E-state index contributed by atoms with van der Waals surface area (Å²) in [6.07, 6.45) is 4.76. The second-order valence-electron chi connectivity index (χ2n) is 10.1. The van der Waals surface area contributed by atoms with Crippen LogP contribution in [0.25, 0.3) is 0 Å². The van der Waals surface area contributed by atoms with E-state index in [-0.39, 0.29) is 68.8 Å². The Hall–Kier alpha value is -4.01. The van der Waals surface area contributed by atoms with Gasteiger partial charge >= 0.3 is 17.9 Å². The first-order valence-electron chi connectivity index (χ1n) is 13.9. The minimum absolute atomic E-state index is 0.00333. The molecule has 40 heavy (non-hydrogen) atoms. The van der Waals surface area contributed by atoms with E-state index in [4.69, 9.17) is 14.2 Å². The van der Waals surface area contributed by atoms with E-state index in [0.717, 1.165) is 36.8 Å². The van der Waals surface area contributed by atoms with Crippen molar-refractivity contribution in [2.75, 3.05) is 26.4 Å². The normalized spacial score (nSPS) is 18.2. The number of carbonyl (C=O) groups is 5. The van der Waals surface area contributed by atoms with Gasteiger partial charge in [0.2, 0.25) is 11.8 Å². The van der Waals surface area contributed by atoms with Crippen LogP contribution >= 0.6 is 0 Å². The van der Waals surface area contributed by atoms with E-state index in [1.54, 1.807) is 30.3 Å². The second kappa shape index (κ2) is 14.4. The van der Waals surface area contributed by atoms with Crippen LogP contribution in [0.2, 0.25) is 0 Å². The van der Waals surface area contributed by atoms with E-state index in [2.05, 4.69) is 0 Å². The first-order chi connectivity index (χ1) is 19.4. The predicted molar refractivity (Wildman–Crippen MR) is 144 cm³/mol. The van der Waals surface area contributed by atoms with Gasteiger partial charge in [-0.25, -0.2) is 4.79 Å². The van der Waals surface area contributed by atoms with Crippen LogP contribution in [0.15, 0.2) is 54.6 Å². The van der Waals surface area contributed by atoms with Gasteiger partial charge in [0.05, 0.1) is 23.9 Å². The Morgan fingerprint density at radius 3 is 1.85 bits per heavy atom. The summed E-state index contributed by atoms with van der Waals surface area (Å²) in [5.41, 5.74) is 2.31. The number of benzene rings is 2. The molecular formula is C31H35NO8. The number of esters is 3. The highest BCUT2D eigenvalue weighted by Crippen LogP contribution is 2.37. The lowest BCUT2D eigenvalue weighted by molar-refractivity contribution is -0.148. The van der Waals surface area contributed by atoms with Gasteiger partial charge < -0.3 is 14.2 Å². The van der Waals surface area contributed by atoms with Crippen LogP contribution < -0.4 is 0 Å². The molecule has 4 rings (SSSR count). The van der Waals surface area contributed by atoms with E-state index in [9.17, 15) is 24.0 Å². The fourth-order valence-corrected chi connectivity index (χ4v) is 5.23. The summed E-state index contributed by atoms with van der Waals surface area (Å²) in [5.74, 6) is -1.90. The quantitative estimate of drug-likeness (QED) is 0.161. The molecule has 2 aromatic carbocycles. The molecule has 2 amide bonds. The molecular weight excluding hydrogens is 514 g/mol. The number of aryl methyl sites for hydroxylation is 2. The van der Waals surface area contributed by atoms with Crippen LogP contribution in [0, 0.1) is 11.8 Å². The number of imide groups is 1. The Morgan fingerprint density at radius 1 is 0.700 bits per heavy atom. The molecule has 0 radical (unpaired) electrons. The highest BCUT2D eigenvalue weighted by molar-refractivity contribution is 6.05. The number of ether oxygens (including phenoxy) is 3. The molecule has 0 bridgehead atoms. The highest BCUT2D eigenvalue weighted by atomic mass is 16.6. The summed E-state index contributed by atoms with van der Waals surface area (Å²) in [6.45, 7) is 0.0817. The minimum atomic E-state index is -0.466. The number of amides is 2. The molecule has 2 aromatic rings. The largest absolute Gasteiger partial charge is 0.464 e. The average Bonchev–Trinajstić information content (AvgIpc) is 3.22. The Balaban J connectivity index is 1.10. The maximum absolute atomic E-state index is 12.5. The van der Waals surface area contributed by atoms with Crippen molar-refractivity contribution in [1.29, 1.82) is 0 Å². The van der Waals surface area contributed by atoms with Gasteiger partial charge in [-0.3, -0.25) is 24.1 Å². The van der Waals surface area contributed by atoms with Gasteiger partial charge in [0.25, 0.3) is 0 Å². The minimum Gasteiger partial charge on any atom is -0.464 e. The third-order valence-corrected chi connectivity index (χ3v) is 7.33. The molecule has 1 aliphatic carbocycles. The standard InChI is InChI=1S/C31H35NO8/c33-27(38-18-17-32-29(35)25-11-4-5-12-26(25)30(32)36)15-13-22-7-6-8-23(21-22)14-16-28(34)39-19-20-40-31(37)24-9-2-1-3-10-24/h1-3,6-10,21,25-26H,4-5,11-20H2. The molecule has 1 saturated heterocycles. The highest BCUT2D eigenvalue weighted by Gasteiger charge is 2.47. The van der Waals surface area contributed by atoms with Crippen LogP contribution in [-0.2, 0) is 46.2 Å². The van der Waals surface area contributed by atoms with Crippen molar-refractivity contribution in [2.45, 2.75) is 51.4 Å². The summed E-state index contributed by atoms with van der Waals surface area (Å²) >= 11 is 0. The molecule has 9 nitrogen and oxygen atoms in total. The van der Waals surface area contributed by atoms with Crippen LogP contribution in [0.3, 0.4) is 0 Å². The topological polar surface area (TPSA) is 116 Å². The Bertz CT molecular complexity index is 1190. The van der Waals surface area contributed by atoms with E-state index in [1.165, 1.54) is 4.90 Å². The molecule has 2 aliphatic rings. The van der Waals surface area contributed by atoms with Gasteiger partial charge in [-0.15, -0.1) is 0 Å². The van der Waals surface area contributed by atoms with E-state index in [0.29, 0.717) is 18.4 Å². The number of hydrogen-bond donors (Lipinski definition) is 0. The number of carbonyl (C=O) groups excluding carboxylic acids is 5. The third kappa shape index (κ3) is 8.00. The van der Waals surface area contributed by atoms with E-state index >= 15 is 0 Å². The van der Waals surface area contributed by atoms with Crippen molar-refractivity contribution in [2.24, 2.45) is 11.8 Å². The lowest BCUT2D eigenvalue weighted by Crippen LogP contribution is -2.34. The smallest absolute Gasteiger partial charge is 0.338 e. The molecule has 2 unspecified atom stereocenters. The maximum atomic E-state index is 12.5. The van der Waals surface area contributed by atoms with Crippen LogP contribution in [-0.4, -0.2) is 61.0 Å². The van der Waals surface area contributed by atoms with Gasteiger partial charge in [-0.1, -0.05) is 55.3 Å². The summed E-state index contributed by atoms with van der Waals surface area (Å²) < 4.78 is 15.5. The Kier molecular flexibility index (Phi) is 10.4. The number of fused-ring (bicyclic) bond motifs is 1. The molecule has 0 spiro atoms. The van der Waals surface area contributed by atoms with Gasteiger partial charge in [-0.05, 0) is 48.9 Å². The van der Waals surface area contributed by atoms with E-state index < -0.39 is 11.9 Å². The third-order valence-electron chi connectivity index (χ3n) is 7.33. The lowest BCUT2D eigenvalue weighted by Gasteiger charge is -2.19. The molecule has 2 atom stereocenters. The van der Waals surface area contributed by atoms with Crippen LogP contribution in [0.5, 0.6) is 0 Å². The Labute approximate surface area is 233 Å².